The largest absolute Gasteiger partial charge is 0.375 e. The van der Waals surface area contributed by atoms with E-state index in [1.807, 2.05) is 0 Å². The summed E-state index contributed by atoms with van der Waals surface area (Å²) < 4.78 is 6.02. The normalized spacial score (nSPS) is 28.7. The van der Waals surface area contributed by atoms with Gasteiger partial charge < -0.3 is 10.1 Å². The van der Waals surface area contributed by atoms with E-state index in [-0.39, 0.29) is 5.60 Å². The van der Waals surface area contributed by atoms with E-state index in [1.54, 1.807) is 0 Å². The Hall–Kier alpha value is -0.120. The van der Waals surface area contributed by atoms with Crippen LogP contribution in [0.3, 0.4) is 0 Å². The molecule has 0 unspecified atom stereocenters. The molecule has 1 saturated heterocycles. The SMILES string of the molecule is CC(C)(C)OCCN1CC2(CCCC2)NCC12CCCC2. The maximum absolute atomic E-state index is 6.02. The van der Waals surface area contributed by atoms with Crippen LogP contribution in [0.2, 0.25) is 0 Å². The molecule has 3 aliphatic rings. The van der Waals surface area contributed by atoms with Crippen molar-refractivity contribution in [3.8, 4) is 0 Å². The molecule has 3 fully saturated rings. The number of nitrogens with zero attached hydrogens (tertiary/aromatic N) is 1. The van der Waals surface area contributed by atoms with Crippen molar-refractivity contribution in [2.24, 2.45) is 0 Å². The summed E-state index contributed by atoms with van der Waals surface area (Å²) >= 11 is 0. The van der Waals surface area contributed by atoms with E-state index in [0.29, 0.717) is 11.1 Å². The van der Waals surface area contributed by atoms with Crippen LogP contribution in [0.1, 0.15) is 72.1 Å². The van der Waals surface area contributed by atoms with Crippen LogP contribution in [0.4, 0.5) is 0 Å². The zero-order valence-corrected chi connectivity index (χ0v) is 14.3. The summed E-state index contributed by atoms with van der Waals surface area (Å²) in [5, 5.41) is 3.98. The maximum atomic E-state index is 6.02. The second-order valence-corrected chi connectivity index (χ2v) is 8.65. The lowest BCUT2D eigenvalue weighted by Crippen LogP contribution is -2.68. The van der Waals surface area contributed by atoms with Gasteiger partial charge in [-0.25, -0.2) is 0 Å². The summed E-state index contributed by atoms with van der Waals surface area (Å²) in [5.41, 5.74) is 0.854. The van der Waals surface area contributed by atoms with E-state index in [0.717, 1.165) is 13.2 Å². The minimum absolute atomic E-state index is 0.0120. The Morgan fingerprint density at radius 2 is 1.62 bits per heavy atom. The molecular formula is C18H34N2O. The van der Waals surface area contributed by atoms with Crippen LogP contribution >= 0.6 is 0 Å². The molecule has 1 N–H and O–H groups in total. The van der Waals surface area contributed by atoms with E-state index in [4.69, 9.17) is 4.74 Å². The van der Waals surface area contributed by atoms with Gasteiger partial charge in [-0.15, -0.1) is 0 Å². The Morgan fingerprint density at radius 1 is 1.00 bits per heavy atom. The maximum Gasteiger partial charge on any atom is 0.0600 e. The van der Waals surface area contributed by atoms with Crippen molar-refractivity contribution in [3.05, 3.63) is 0 Å². The molecule has 0 aromatic heterocycles. The zero-order chi connectivity index (χ0) is 15.0. The predicted octanol–water partition coefficient (Wildman–Crippen LogP) is 3.33. The molecule has 3 nitrogen and oxygen atoms in total. The molecule has 3 heteroatoms. The van der Waals surface area contributed by atoms with Gasteiger partial charge in [0.2, 0.25) is 0 Å². The van der Waals surface area contributed by atoms with Gasteiger partial charge in [-0.1, -0.05) is 25.7 Å². The molecule has 122 valence electrons. The van der Waals surface area contributed by atoms with Crippen molar-refractivity contribution in [1.29, 1.82) is 0 Å². The van der Waals surface area contributed by atoms with E-state index in [2.05, 4.69) is 31.0 Å². The Bertz CT molecular complexity index is 349. The Morgan fingerprint density at radius 3 is 2.24 bits per heavy atom. The second kappa shape index (κ2) is 5.82. The Kier molecular flexibility index (Phi) is 4.37. The lowest BCUT2D eigenvalue weighted by Gasteiger charge is -2.53. The average molecular weight is 294 g/mol. The van der Waals surface area contributed by atoms with Gasteiger partial charge in [0, 0.05) is 30.7 Å². The smallest absolute Gasteiger partial charge is 0.0600 e. The van der Waals surface area contributed by atoms with Gasteiger partial charge in [0.1, 0.15) is 0 Å². The summed E-state index contributed by atoms with van der Waals surface area (Å²) in [6.07, 6.45) is 11.1. The summed E-state index contributed by atoms with van der Waals surface area (Å²) in [4.78, 5) is 2.81. The number of nitrogens with one attached hydrogen (secondary N) is 1. The van der Waals surface area contributed by atoms with E-state index in [9.17, 15) is 0 Å². The van der Waals surface area contributed by atoms with Crippen LogP contribution in [0.5, 0.6) is 0 Å². The van der Waals surface area contributed by atoms with Crippen molar-refractivity contribution in [1.82, 2.24) is 10.2 Å². The standard InChI is InChI=1S/C18H34N2O/c1-16(2,3)21-13-12-20-15-17(8-4-5-9-17)19-14-18(20)10-6-7-11-18/h19H,4-15H2,1-3H3. The van der Waals surface area contributed by atoms with E-state index >= 15 is 0 Å². The molecule has 2 saturated carbocycles. The van der Waals surface area contributed by atoms with Crippen molar-refractivity contribution < 1.29 is 4.74 Å². The number of hydrogen-bond acceptors (Lipinski definition) is 3. The number of piperazine rings is 1. The van der Waals surface area contributed by atoms with E-state index < -0.39 is 0 Å². The van der Waals surface area contributed by atoms with Gasteiger partial charge in [-0.2, -0.15) is 0 Å². The monoisotopic (exact) mass is 294 g/mol. The summed E-state index contributed by atoms with van der Waals surface area (Å²) in [6, 6.07) is 0. The molecule has 0 radical (unpaired) electrons. The third-order valence-corrected chi connectivity index (χ3v) is 5.95. The van der Waals surface area contributed by atoms with Crippen LogP contribution in [0, 0.1) is 0 Å². The molecule has 3 rings (SSSR count). The molecule has 0 atom stereocenters. The zero-order valence-electron chi connectivity index (χ0n) is 14.3. The fourth-order valence-corrected chi connectivity index (χ4v) is 4.74. The first-order valence-electron chi connectivity index (χ1n) is 9.07. The molecular weight excluding hydrogens is 260 g/mol. The lowest BCUT2D eigenvalue weighted by molar-refractivity contribution is -0.0487. The summed E-state index contributed by atoms with van der Waals surface area (Å²) in [7, 11) is 0. The number of hydrogen-bond donors (Lipinski definition) is 1. The molecule has 0 bridgehead atoms. The minimum atomic E-state index is -0.0120. The van der Waals surface area contributed by atoms with Crippen molar-refractivity contribution in [3.63, 3.8) is 0 Å². The molecule has 0 aromatic rings. The molecule has 2 aliphatic carbocycles. The lowest BCUT2D eigenvalue weighted by atomic mass is 9.84. The average Bonchev–Trinajstić information content (AvgIpc) is 3.03. The molecule has 1 heterocycles. The Labute approximate surface area is 130 Å². The third-order valence-electron chi connectivity index (χ3n) is 5.95. The van der Waals surface area contributed by atoms with Gasteiger partial charge in [0.15, 0.2) is 0 Å². The fourth-order valence-electron chi connectivity index (χ4n) is 4.74. The van der Waals surface area contributed by atoms with Crippen LogP contribution in [-0.2, 0) is 4.74 Å². The van der Waals surface area contributed by atoms with E-state index in [1.165, 1.54) is 64.5 Å². The van der Waals surface area contributed by atoms with Gasteiger partial charge in [0.05, 0.1) is 12.2 Å². The number of ether oxygens (including phenoxy) is 1. The molecule has 2 spiro atoms. The second-order valence-electron chi connectivity index (χ2n) is 8.65. The summed E-state index contributed by atoms with van der Waals surface area (Å²) in [6.45, 7) is 10.9. The summed E-state index contributed by atoms with van der Waals surface area (Å²) in [5.74, 6) is 0. The topological polar surface area (TPSA) is 24.5 Å². The quantitative estimate of drug-likeness (QED) is 0.864. The molecule has 1 aliphatic heterocycles. The van der Waals surface area contributed by atoms with Crippen molar-refractivity contribution in [2.45, 2.75) is 88.8 Å². The van der Waals surface area contributed by atoms with Gasteiger partial charge in [0.25, 0.3) is 0 Å². The van der Waals surface area contributed by atoms with Gasteiger partial charge in [-0.05, 0) is 46.5 Å². The highest BCUT2D eigenvalue weighted by molar-refractivity contribution is 5.08. The third kappa shape index (κ3) is 3.46. The van der Waals surface area contributed by atoms with Gasteiger partial charge in [-0.3, -0.25) is 4.90 Å². The highest BCUT2D eigenvalue weighted by Crippen LogP contribution is 2.42. The van der Waals surface area contributed by atoms with Crippen LogP contribution < -0.4 is 5.32 Å². The first kappa shape index (κ1) is 15.8. The van der Waals surface area contributed by atoms with Gasteiger partial charge >= 0.3 is 0 Å². The highest BCUT2D eigenvalue weighted by atomic mass is 16.5. The first-order chi connectivity index (χ1) is 9.93. The minimum Gasteiger partial charge on any atom is -0.375 e. The first-order valence-corrected chi connectivity index (χ1v) is 9.07. The van der Waals surface area contributed by atoms with Crippen LogP contribution in [0.15, 0.2) is 0 Å². The molecule has 0 amide bonds. The molecule has 0 aromatic carbocycles. The fraction of sp³-hybridized carbons (Fsp3) is 1.00. The Balaban J connectivity index is 1.65. The number of rotatable bonds is 3. The van der Waals surface area contributed by atoms with Crippen molar-refractivity contribution in [2.75, 3.05) is 26.2 Å². The predicted molar refractivity (Wildman–Crippen MR) is 87.7 cm³/mol. The highest BCUT2D eigenvalue weighted by Gasteiger charge is 2.49. The van der Waals surface area contributed by atoms with Crippen molar-refractivity contribution >= 4 is 0 Å². The molecule has 21 heavy (non-hydrogen) atoms. The van der Waals surface area contributed by atoms with Crippen LogP contribution in [0.25, 0.3) is 0 Å². The van der Waals surface area contributed by atoms with Crippen LogP contribution in [-0.4, -0.2) is 47.8 Å².